The van der Waals surface area contributed by atoms with Gasteiger partial charge in [-0.2, -0.15) is 0 Å². The van der Waals surface area contributed by atoms with Crippen molar-refractivity contribution in [2.24, 2.45) is 0 Å². The van der Waals surface area contributed by atoms with Crippen molar-refractivity contribution in [3.8, 4) is 0 Å². The maximum Gasteiger partial charge on any atom is 0.249 e. The van der Waals surface area contributed by atoms with E-state index in [2.05, 4.69) is 10.6 Å². The van der Waals surface area contributed by atoms with E-state index < -0.39 is 29.6 Å². The molecule has 2 amide bonds. The summed E-state index contributed by atoms with van der Waals surface area (Å²) < 4.78 is 31.3. The van der Waals surface area contributed by atoms with Gasteiger partial charge in [0.05, 0.1) is 13.2 Å². The van der Waals surface area contributed by atoms with Crippen LogP contribution in [-0.2, 0) is 20.9 Å². The molecule has 2 aromatic carbocycles. The summed E-state index contributed by atoms with van der Waals surface area (Å²) in [7, 11) is 0. The van der Waals surface area contributed by atoms with Gasteiger partial charge in [-0.3, -0.25) is 9.59 Å². The molecular weight excluding hydrogens is 330 g/mol. The van der Waals surface area contributed by atoms with Gasteiger partial charge < -0.3 is 15.4 Å². The lowest BCUT2D eigenvalue weighted by Crippen LogP contribution is -2.39. The smallest absolute Gasteiger partial charge is 0.249 e. The number of halogens is 2. The van der Waals surface area contributed by atoms with Crippen molar-refractivity contribution in [2.75, 3.05) is 11.9 Å². The van der Waals surface area contributed by atoms with Gasteiger partial charge in [-0.25, -0.2) is 8.78 Å². The zero-order valence-corrected chi connectivity index (χ0v) is 13.6. The fourth-order valence-electron chi connectivity index (χ4n) is 1.96. The Morgan fingerprint density at radius 3 is 2.48 bits per heavy atom. The zero-order chi connectivity index (χ0) is 18.2. The summed E-state index contributed by atoms with van der Waals surface area (Å²) in [6.07, 6.45) is -0.740. The van der Waals surface area contributed by atoms with Gasteiger partial charge in [0.15, 0.2) is 11.6 Å². The van der Waals surface area contributed by atoms with Gasteiger partial charge >= 0.3 is 0 Å². The number of carbonyl (C=O) groups excluding carboxylic acids is 2. The average Bonchev–Trinajstić information content (AvgIpc) is 2.61. The number of benzene rings is 2. The molecule has 0 aliphatic carbocycles. The third-order valence-electron chi connectivity index (χ3n) is 3.34. The summed E-state index contributed by atoms with van der Waals surface area (Å²) in [4.78, 5) is 23.6. The molecule has 0 spiro atoms. The Bertz CT molecular complexity index is 738. The van der Waals surface area contributed by atoms with Crippen LogP contribution in [-0.4, -0.2) is 24.5 Å². The Labute approximate surface area is 144 Å². The number of nitrogens with one attached hydrogen (secondary N) is 2. The minimum Gasteiger partial charge on any atom is -0.364 e. The van der Waals surface area contributed by atoms with E-state index in [1.54, 1.807) is 6.92 Å². The van der Waals surface area contributed by atoms with Gasteiger partial charge in [-0.15, -0.1) is 0 Å². The Balaban J connectivity index is 1.74. The summed E-state index contributed by atoms with van der Waals surface area (Å²) in [6, 6.07) is 12.4. The first kappa shape index (κ1) is 18.5. The predicted molar refractivity (Wildman–Crippen MR) is 88.7 cm³/mol. The average molecular weight is 348 g/mol. The van der Waals surface area contributed by atoms with Crippen molar-refractivity contribution in [3.63, 3.8) is 0 Å². The number of carbonyl (C=O) groups is 2. The second-order valence-corrected chi connectivity index (χ2v) is 5.33. The Kier molecular flexibility index (Phi) is 6.59. The molecule has 0 aromatic heterocycles. The van der Waals surface area contributed by atoms with Gasteiger partial charge in [0.2, 0.25) is 11.8 Å². The molecular formula is C18H18F2N2O3. The Morgan fingerprint density at radius 1 is 1.08 bits per heavy atom. The highest BCUT2D eigenvalue weighted by Gasteiger charge is 2.15. The second kappa shape index (κ2) is 8.89. The molecule has 0 fully saturated rings. The molecule has 5 nitrogen and oxygen atoms in total. The summed E-state index contributed by atoms with van der Waals surface area (Å²) >= 11 is 0. The molecule has 2 rings (SSSR count). The first-order valence-electron chi connectivity index (χ1n) is 7.64. The lowest BCUT2D eigenvalue weighted by Gasteiger charge is -2.13. The van der Waals surface area contributed by atoms with E-state index in [1.165, 1.54) is 6.07 Å². The molecule has 0 saturated heterocycles. The van der Waals surface area contributed by atoms with Crippen LogP contribution in [0.2, 0.25) is 0 Å². The molecule has 0 aliphatic heterocycles. The summed E-state index contributed by atoms with van der Waals surface area (Å²) in [5.74, 6) is -3.08. The van der Waals surface area contributed by atoms with Crippen molar-refractivity contribution in [1.82, 2.24) is 5.32 Å². The lowest BCUT2D eigenvalue weighted by atomic mass is 10.2. The Hall–Kier alpha value is -2.80. The van der Waals surface area contributed by atoms with Gasteiger partial charge in [0, 0.05) is 11.8 Å². The fourth-order valence-corrected chi connectivity index (χ4v) is 1.96. The van der Waals surface area contributed by atoms with Crippen LogP contribution in [0.25, 0.3) is 0 Å². The van der Waals surface area contributed by atoms with Crippen LogP contribution in [0.5, 0.6) is 0 Å². The SMILES string of the molecule is CC(OCc1ccccc1)C(=O)NCC(=O)Nc1ccc(F)c(F)c1. The minimum atomic E-state index is -1.07. The number of hydrogen-bond donors (Lipinski definition) is 2. The molecule has 1 atom stereocenters. The zero-order valence-electron chi connectivity index (χ0n) is 13.6. The molecule has 0 heterocycles. The molecule has 25 heavy (non-hydrogen) atoms. The molecule has 0 aliphatic rings. The van der Waals surface area contributed by atoms with Gasteiger partial charge in [-0.1, -0.05) is 30.3 Å². The van der Waals surface area contributed by atoms with E-state index in [0.717, 1.165) is 17.7 Å². The van der Waals surface area contributed by atoms with E-state index in [4.69, 9.17) is 4.74 Å². The third kappa shape index (κ3) is 5.96. The van der Waals surface area contributed by atoms with Crippen LogP contribution in [0.1, 0.15) is 12.5 Å². The van der Waals surface area contributed by atoms with Gasteiger partial charge in [0.25, 0.3) is 0 Å². The van der Waals surface area contributed by atoms with E-state index >= 15 is 0 Å². The Morgan fingerprint density at radius 2 is 1.80 bits per heavy atom. The highest BCUT2D eigenvalue weighted by Crippen LogP contribution is 2.12. The molecule has 0 saturated carbocycles. The molecule has 2 aromatic rings. The van der Waals surface area contributed by atoms with E-state index in [1.807, 2.05) is 30.3 Å². The maximum atomic E-state index is 13.1. The van der Waals surface area contributed by atoms with Crippen molar-refractivity contribution in [3.05, 3.63) is 65.7 Å². The summed E-state index contributed by atoms with van der Waals surface area (Å²) in [5, 5.41) is 4.78. The molecule has 1 unspecified atom stereocenters. The van der Waals surface area contributed by atoms with Crippen LogP contribution in [0.4, 0.5) is 14.5 Å². The minimum absolute atomic E-state index is 0.103. The summed E-state index contributed by atoms with van der Waals surface area (Å²) in [5.41, 5.74) is 1.03. The number of hydrogen-bond acceptors (Lipinski definition) is 3. The topological polar surface area (TPSA) is 67.4 Å². The van der Waals surface area contributed by atoms with Crippen LogP contribution in [0.3, 0.4) is 0 Å². The molecule has 7 heteroatoms. The number of anilines is 1. The van der Waals surface area contributed by atoms with E-state index in [-0.39, 0.29) is 18.8 Å². The van der Waals surface area contributed by atoms with Crippen LogP contribution >= 0.6 is 0 Å². The normalized spacial score (nSPS) is 11.6. The van der Waals surface area contributed by atoms with E-state index in [0.29, 0.717) is 0 Å². The predicted octanol–water partition coefficient (Wildman–Crippen LogP) is 2.62. The molecule has 0 radical (unpaired) electrons. The van der Waals surface area contributed by atoms with Gasteiger partial charge in [0.1, 0.15) is 6.10 Å². The highest BCUT2D eigenvalue weighted by molar-refractivity contribution is 5.95. The third-order valence-corrected chi connectivity index (χ3v) is 3.34. The molecule has 132 valence electrons. The lowest BCUT2D eigenvalue weighted by molar-refractivity contribution is -0.133. The molecule has 0 bridgehead atoms. The van der Waals surface area contributed by atoms with Crippen molar-refractivity contribution >= 4 is 17.5 Å². The fraction of sp³-hybridized carbons (Fsp3) is 0.222. The second-order valence-electron chi connectivity index (χ2n) is 5.33. The first-order chi connectivity index (χ1) is 12.0. The van der Waals surface area contributed by atoms with Crippen molar-refractivity contribution in [1.29, 1.82) is 0 Å². The van der Waals surface area contributed by atoms with E-state index in [9.17, 15) is 18.4 Å². The first-order valence-corrected chi connectivity index (χ1v) is 7.64. The number of ether oxygens (including phenoxy) is 1. The number of rotatable bonds is 7. The van der Waals surface area contributed by atoms with Crippen LogP contribution in [0.15, 0.2) is 48.5 Å². The maximum absolute atomic E-state index is 13.1. The van der Waals surface area contributed by atoms with Gasteiger partial charge in [-0.05, 0) is 24.6 Å². The largest absolute Gasteiger partial charge is 0.364 e. The number of amides is 2. The monoisotopic (exact) mass is 348 g/mol. The van der Waals surface area contributed by atoms with Crippen LogP contribution in [0, 0.1) is 11.6 Å². The van der Waals surface area contributed by atoms with Crippen LogP contribution < -0.4 is 10.6 Å². The standard InChI is InChI=1S/C18H18F2N2O3/c1-12(25-11-13-5-3-2-4-6-13)18(24)21-10-17(23)22-14-7-8-15(19)16(20)9-14/h2-9,12H,10-11H2,1H3,(H,21,24)(H,22,23). The molecule has 2 N–H and O–H groups in total. The van der Waals surface area contributed by atoms with Crippen molar-refractivity contribution in [2.45, 2.75) is 19.6 Å². The quantitative estimate of drug-likeness (QED) is 0.808. The highest BCUT2D eigenvalue weighted by atomic mass is 19.2. The van der Waals surface area contributed by atoms with Crippen molar-refractivity contribution < 1.29 is 23.1 Å². The summed E-state index contributed by atoms with van der Waals surface area (Å²) in [6.45, 7) is 1.54.